The minimum atomic E-state index is -0.144. The topological polar surface area (TPSA) is 38.3 Å². The summed E-state index contributed by atoms with van der Waals surface area (Å²) in [6.07, 6.45) is 1.16. The number of ether oxygens (including phenoxy) is 1. The first kappa shape index (κ1) is 13.4. The van der Waals surface area contributed by atoms with Crippen LogP contribution in [-0.2, 0) is 9.53 Å². The Labute approximate surface area is 87.2 Å². The maximum Gasteiger partial charge on any atom is 0.309 e. The van der Waals surface area contributed by atoms with E-state index in [9.17, 15) is 4.79 Å². The van der Waals surface area contributed by atoms with Crippen LogP contribution >= 0.6 is 0 Å². The molecule has 0 aromatic carbocycles. The third kappa shape index (κ3) is 4.61. The van der Waals surface area contributed by atoms with Gasteiger partial charge in [-0.3, -0.25) is 4.79 Å². The predicted molar refractivity (Wildman–Crippen MR) is 58.1 cm³/mol. The van der Waals surface area contributed by atoms with E-state index >= 15 is 0 Å². The van der Waals surface area contributed by atoms with Gasteiger partial charge in [-0.1, -0.05) is 27.2 Å². The molecular formula is C11H23NO2. The lowest BCUT2D eigenvalue weighted by atomic mass is 10.0. The van der Waals surface area contributed by atoms with Gasteiger partial charge in [-0.15, -0.1) is 0 Å². The second kappa shape index (κ2) is 6.82. The third-order valence-corrected chi connectivity index (χ3v) is 2.81. The summed E-state index contributed by atoms with van der Waals surface area (Å²) >= 11 is 0. The van der Waals surface area contributed by atoms with E-state index in [1.807, 2.05) is 13.8 Å². The number of hydrogen-bond acceptors (Lipinski definition) is 3. The summed E-state index contributed by atoms with van der Waals surface area (Å²) in [4.78, 5) is 11.2. The molecule has 0 bridgehead atoms. The van der Waals surface area contributed by atoms with Gasteiger partial charge in [0.15, 0.2) is 0 Å². The molecular weight excluding hydrogens is 178 g/mol. The van der Waals surface area contributed by atoms with Crippen molar-refractivity contribution in [3.63, 3.8) is 0 Å². The van der Waals surface area contributed by atoms with E-state index in [0.29, 0.717) is 5.92 Å². The standard InChI is InChI=1S/C11H23NO2/c1-6-8(2)7-12-10(4)9(3)11(13)14-5/h8-10,12H,6-7H2,1-5H3. The number of carbonyl (C=O) groups is 1. The van der Waals surface area contributed by atoms with Crippen molar-refractivity contribution in [1.82, 2.24) is 5.32 Å². The first-order valence-electron chi connectivity index (χ1n) is 5.34. The molecule has 84 valence electrons. The Morgan fingerprint density at radius 3 is 2.36 bits per heavy atom. The van der Waals surface area contributed by atoms with E-state index in [-0.39, 0.29) is 17.9 Å². The average molecular weight is 201 g/mol. The SMILES string of the molecule is CCC(C)CNC(C)C(C)C(=O)OC. The van der Waals surface area contributed by atoms with Crippen LogP contribution in [0.15, 0.2) is 0 Å². The molecule has 0 aliphatic carbocycles. The molecule has 1 N–H and O–H groups in total. The van der Waals surface area contributed by atoms with Crippen LogP contribution in [0.1, 0.15) is 34.1 Å². The highest BCUT2D eigenvalue weighted by Gasteiger charge is 2.20. The zero-order valence-electron chi connectivity index (χ0n) is 9.96. The molecule has 0 fully saturated rings. The Morgan fingerprint density at radius 2 is 1.93 bits per heavy atom. The van der Waals surface area contributed by atoms with Crippen molar-refractivity contribution >= 4 is 5.97 Å². The van der Waals surface area contributed by atoms with Crippen molar-refractivity contribution in [2.45, 2.75) is 40.2 Å². The highest BCUT2D eigenvalue weighted by atomic mass is 16.5. The quantitative estimate of drug-likeness (QED) is 0.666. The number of hydrogen-bond donors (Lipinski definition) is 1. The fourth-order valence-corrected chi connectivity index (χ4v) is 1.10. The first-order chi connectivity index (χ1) is 6.52. The predicted octanol–water partition coefficient (Wildman–Crippen LogP) is 1.82. The Balaban J connectivity index is 3.83. The van der Waals surface area contributed by atoms with Crippen molar-refractivity contribution in [2.75, 3.05) is 13.7 Å². The Kier molecular flexibility index (Phi) is 6.54. The molecule has 14 heavy (non-hydrogen) atoms. The minimum absolute atomic E-state index is 0.0796. The molecule has 3 atom stereocenters. The summed E-state index contributed by atoms with van der Waals surface area (Å²) in [5.41, 5.74) is 0. The summed E-state index contributed by atoms with van der Waals surface area (Å²) in [5, 5.41) is 3.35. The van der Waals surface area contributed by atoms with Gasteiger partial charge < -0.3 is 10.1 Å². The molecule has 0 aliphatic rings. The second-order valence-corrected chi connectivity index (χ2v) is 4.02. The molecule has 0 rings (SSSR count). The van der Waals surface area contributed by atoms with E-state index < -0.39 is 0 Å². The van der Waals surface area contributed by atoms with Crippen molar-refractivity contribution in [1.29, 1.82) is 0 Å². The number of carbonyl (C=O) groups excluding carboxylic acids is 1. The molecule has 3 unspecified atom stereocenters. The van der Waals surface area contributed by atoms with Crippen LogP contribution in [0.2, 0.25) is 0 Å². The van der Waals surface area contributed by atoms with Crippen LogP contribution in [0.25, 0.3) is 0 Å². The minimum Gasteiger partial charge on any atom is -0.469 e. The molecule has 0 aliphatic heterocycles. The highest BCUT2D eigenvalue weighted by Crippen LogP contribution is 2.06. The molecule has 0 saturated heterocycles. The van der Waals surface area contributed by atoms with Gasteiger partial charge in [-0.2, -0.15) is 0 Å². The van der Waals surface area contributed by atoms with Gasteiger partial charge in [0, 0.05) is 6.04 Å². The van der Waals surface area contributed by atoms with Gasteiger partial charge in [0.1, 0.15) is 0 Å². The maximum absolute atomic E-state index is 11.2. The summed E-state index contributed by atoms with van der Waals surface area (Å²) in [7, 11) is 1.43. The third-order valence-electron chi connectivity index (χ3n) is 2.81. The van der Waals surface area contributed by atoms with E-state index in [1.165, 1.54) is 7.11 Å². The summed E-state index contributed by atoms with van der Waals surface area (Å²) in [6.45, 7) is 9.23. The average Bonchev–Trinajstić information content (AvgIpc) is 2.22. The molecule has 0 saturated carbocycles. The van der Waals surface area contributed by atoms with Crippen LogP contribution in [0.5, 0.6) is 0 Å². The van der Waals surface area contributed by atoms with Crippen LogP contribution in [-0.4, -0.2) is 25.7 Å². The molecule has 3 nitrogen and oxygen atoms in total. The molecule has 0 radical (unpaired) electrons. The number of rotatable bonds is 6. The van der Waals surface area contributed by atoms with Gasteiger partial charge in [-0.05, 0) is 19.4 Å². The van der Waals surface area contributed by atoms with E-state index in [2.05, 4.69) is 23.9 Å². The van der Waals surface area contributed by atoms with Crippen molar-refractivity contribution in [3.8, 4) is 0 Å². The summed E-state index contributed by atoms with van der Waals surface area (Å²) in [5.74, 6) is 0.431. The molecule has 0 spiro atoms. The van der Waals surface area contributed by atoms with Crippen LogP contribution in [0, 0.1) is 11.8 Å². The molecule has 0 aromatic heterocycles. The fraction of sp³-hybridized carbons (Fsp3) is 0.909. The van der Waals surface area contributed by atoms with Gasteiger partial charge in [0.2, 0.25) is 0 Å². The smallest absolute Gasteiger partial charge is 0.309 e. The lowest BCUT2D eigenvalue weighted by Gasteiger charge is -2.21. The Hall–Kier alpha value is -0.570. The van der Waals surface area contributed by atoms with Gasteiger partial charge >= 0.3 is 5.97 Å². The lowest BCUT2D eigenvalue weighted by Crippen LogP contribution is -2.38. The van der Waals surface area contributed by atoms with Crippen molar-refractivity contribution in [2.24, 2.45) is 11.8 Å². The largest absolute Gasteiger partial charge is 0.469 e. The lowest BCUT2D eigenvalue weighted by molar-refractivity contribution is -0.145. The second-order valence-electron chi connectivity index (χ2n) is 4.02. The van der Waals surface area contributed by atoms with Crippen LogP contribution < -0.4 is 5.32 Å². The highest BCUT2D eigenvalue weighted by molar-refractivity contribution is 5.72. The van der Waals surface area contributed by atoms with E-state index in [1.54, 1.807) is 0 Å². The fourth-order valence-electron chi connectivity index (χ4n) is 1.10. The van der Waals surface area contributed by atoms with Crippen molar-refractivity contribution < 1.29 is 9.53 Å². The summed E-state index contributed by atoms with van der Waals surface area (Å²) in [6, 6.07) is 0.177. The van der Waals surface area contributed by atoms with Gasteiger partial charge in [-0.25, -0.2) is 0 Å². The monoisotopic (exact) mass is 201 g/mol. The summed E-state index contributed by atoms with van der Waals surface area (Å²) < 4.78 is 4.69. The van der Waals surface area contributed by atoms with Gasteiger partial charge in [0.05, 0.1) is 13.0 Å². The Bertz CT molecular complexity index is 171. The normalized spacial score (nSPS) is 17.2. The number of methoxy groups -OCH3 is 1. The molecule has 0 aromatic rings. The van der Waals surface area contributed by atoms with Crippen LogP contribution in [0.4, 0.5) is 0 Å². The zero-order chi connectivity index (χ0) is 11.1. The first-order valence-corrected chi connectivity index (χ1v) is 5.34. The van der Waals surface area contributed by atoms with E-state index in [0.717, 1.165) is 13.0 Å². The molecule has 3 heteroatoms. The molecule has 0 heterocycles. The number of nitrogens with one attached hydrogen (secondary N) is 1. The maximum atomic E-state index is 11.2. The van der Waals surface area contributed by atoms with Gasteiger partial charge in [0.25, 0.3) is 0 Å². The van der Waals surface area contributed by atoms with E-state index in [4.69, 9.17) is 0 Å². The van der Waals surface area contributed by atoms with Crippen LogP contribution in [0.3, 0.4) is 0 Å². The molecule has 0 amide bonds. The zero-order valence-corrected chi connectivity index (χ0v) is 9.96. The number of esters is 1. The Morgan fingerprint density at radius 1 is 1.36 bits per heavy atom. The van der Waals surface area contributed by atoms with Crippen molar-refractivity contribution in [3.05, 3.63) is 0 Å².